The molecule has 0 aromatic heterocycles. The Kier molecular flexibility index (Phi) is 4.82. The molecule has 1 fully saturated rings. The quantitative estimate of drug-likeness (QED) is 0.893. The van der Waals surface area contributed by atoms with Crippen LogP contribution in [0.4, 0.5) is 0 Å². The van der Waals surface area contributed by atoms with E-state index in [-0.39, 0.29) is 5.54 Å². The maximum Gasteiger partial charge on any atom is 0.0175 e. The van der Waals surface area contributed by atoms with Crippen LogP contribution in [0, 0.1) is 0 Å². The minimum atomic E-state index is 0.285. The largest absolute Gasteiger partial charge is 0.314 e. The average Bonchev–Trinajstić information content (AvgIpc) is 2.30. The summed E-state index contributed by atoms with van der Waals surface area (Å²) in [6.45, 7) is 6.77. The van der Waals surface area contributed by atoms with Crippen LogP contribution >= 0.6 is 15.9 Å². The third-order valence-electron chi connectivity index (χ3n) is 3.61. The third kappa shape index (κ3) is 4.38. The van der Waals surface area contributed by atoms with E-state index in [2.05, 4.69) is 64.7 Å². The summed E-state index contributed by atoms with van der Waals surface area (Å²) in [6.07, 6.45) is 3.56. The monoisotopic (exact) mass is 310 g/mol. The summed E-state index contributed by atoms with van der Waals surface area (Å²) >= 11 is 3.47. The predicted molar refractivity (Wildman–Crippen MR) is 81.0 cm³/mol. The molecule has 0 aliphatic carbocycles. The van der Waals surface area contributed by atoms with Gasteiger partial charge < -0.3 is 10.6 Å². The van der Waals surface area contributed by atoms with Crippen LogP contribution in [0.1, 0.15) is 32.3 Å². The van der Waals surface area contributed by atoms with Gasteiger partial charge in [0.05, 0.1) is 0 Å². The van der Waals surface area contributed by atoms with E-state index >= 15 is 0 Å². The van der Waals surface area contributed by atoms with Gasteiger partial charge >= 0.3 is 0 Å². The predicted octanol–water partition coefficient (Wildman–Crippen LogP) is 3.11. The topological polar surface area (TPSA) is 24.1 Å². The van der Waals surface area contributed by atoms with Gasteiger partial charge in [0.2, 0.25) is 0 Å². The van der Waals surface area contributed by atoms with Crippen LogP contribution in [0.25, 0.3) is 0 Å². The van der Waals surface area contributed by atoms with E-state index in [9.17, 15) is 0 Å². The minimum Gasteiger partial charge on any atom is -0.314 e. The minimum absolute atomic E-state index is 0.285. The van der Waals surface area contributed by atoms with Crippen molar-refractivity contribution < 1.29 is 0 Å². The molecule has 1 aliphatic heterocycles. The molecule has 2 rings (SSSR count). The van der Waals surface area contributed by atoms with Crippen LogP contribution in [0.2, 0.25) is 0 Å². The molecule has 2 nitrogen and oxygen atoms in total. The van der Waals surface area contributed by atoms with E-state index in [0.29, 0.717) is 6.04 Å². The van der Waals surface area contributed by atoms with Gasteiger partial charge in [0.1, 0.15) is 0 Å². The van der Waals surface area contributed by atoms with Crippen LogP contribution in [-0.4, -0.2) is 24.7 Å². The Balaban J connectivity index is 1.73. The molecule has 1 aliphatic rings. The fraction of sp³-hybridized carbons (Fsp3) is 0.600. The zero-order chi connectivity index (χ0) is 13.0. The van der Waals surface area contributed by atoms with E-state index in [1.54, 1.807) is 0 Å². The van der Waals surface area contributed by atoms with E-state index in [1.165, 1.54) is 18.4 Å². The van der Waals surface area contributed by atoms with Crippen molar-refractivity contribution in [3.63, 3.8) is 0 Å². The maximum atomic E-state index is 3.69. The number of hydrogen-bond donors (Lipinski definition) is 2. The highest BCUT2D eigenvalue weighted by Crippen LogP contribution is 2.18. The standard InChI is InChI=1S/C15H23BrN2/c1-15(2)11-14(8-10-18-15)17-9-7-12-3-5-13(16)6-4-12/h3-6,14,17-18H,7-11H2,1-2H3. The molecule has 0 spiro atoms. The van der Waals surface area contributed by atoms with Gasteiger partial charge in [-0.25, -0.2) is 0 Å². The van der Waals surface area contributed by atoms with E-state index in [4.69, 9.17) is 0 Å². The normalized spacial score (nSPS) is 22.9. The molecule has 18 heavy (non-hydrogen) atoms. The first-order chi connectivity index (χ1) is 8.55. The Bertz CT molecular complexity index is 373. The lowest BCUT2D eigenvalue weighted by Crippen LogP contribution is -2.52. The Morgan fingerprint density at radius 3 is 2.72 bits per heavy atom. The Morgan fingerprint density at radius 1 is 1.33 bits per heavy atom. The van der Waals surface area contributed by atoms with Gasteiger partial charge in [0.15, 0.2) is 0 Å². The molecule has 1 aromatic rings. The van der Waals surface area contributed by atoms with Gasteiger partial charge in [0.25, 0.3) is 0 Å². The first kappa shape index (κ1) is 14.0. The third-order valence-corrected chi connectivity index (χ3v) is 4.14. The zero-order valence-corrected chi connectivity index (χ0v) is 12.9. The van der Waals surface area contributed by atoms with Crippen molar-refractivity contribution in [3.8, 4) is 0 Å². The highest BCUT2D eigenvalue weighted by Gasteiger charge is 2.26. The molecule has 1 heterocycles. The van der Waals surface area contributed by atoms with E-state index in [0.717, 1.165) is 24.0 Å². The average molecular weight is 311 g/mol. The molecule has 1 atom stereocenters. The van der Waals surface area contributed by atoms with Crippen LogP contribution < -0.4 is 10.6 Å². The molecule has 0 saturated carbocycles. The molecule has 1 saturated heterocycles. The van der Waals surface area contributed by atoms with Gasteiger partial charge in [-0.15, -0.1) is 0 Å². The van der Waals surface area contributed by atoms with Gasteiger partial charge in [-0.2, -0.15) is 0 Å². The second kappa shape index (κ2) is 6.18. The van der Waals surface area contributed by atoms with Crippen molar-refractivity contribution >= 4 is 15.9 Å². The van der Waals surface area contributed by atoms with Crippen molar-refractivity contribution in [1.82, 2.24) is 10.6 Å². The van der Waals surface area contributed by atoms with Crippen molar-refractivity contribution in [2.75, 3.05) is 13.1 Å². The number of hydrogen-bond acceptors (Lipinski definition) is 2. The lowest BCUT2D eigenvalue weighted by molar-refractivity contribution is 0.249. The second-order valence-corrected chi connectivity index (χ2v) is 6.75. The number of benzene rings is 1. The fourth-order valence-electron chi connectivity index (χ4n) is 2.62. The summed E-state index contributed by atoms with van der Waals surface area (Å²) in [5, 5.41) is 7.25. The van der Waals surface area contributed by atoms with Crippen molar-refractivity contribution in [3.05, 3.63) is 34.3 Å². The number of halogens is 1. The van der Waals surface area contributed by atoms with Gasteiger partial charge in [-0.05, 0) is 63.9 Å². The highest BCUT2D eigenvalue weighted by atomic mass is 79.9. The van der Waals surface area contributed by atoms with Gasteiger partial charge in [-0.3, -0.25) is 0 Å². The lowest BCUT2D eigenvalue weighted by Gasteiger charge is -2.37. The summed E-state index contributed by atoms with van der Waals surface area (Å²) in [7, 11) is 0. The molecular weight excluding hydrogens is 288 g/mol. The van der Waals surface area contributed by atoms with Crippen LogP contribution in [-0.2, 0) is 6.42 Å². The molecule has 0 bridgehead atoms. The number of piperidine rings is 1. The summed E-state index contributed by atoms with van der Waals surface area (Å²) in [5.41, 5.74) is 1.69. The molecule has 0 radical (unpaired) electrons. The summed E-state index contributed by atoms with van der Waals surface area (Å²) in [4.78, 5) is 0. The van der Waals surface area contributed by atoms with Crippen LogP contribution in [0.5, 0.6) is 0 Å². The molecule has 3 heteroatoms. The molecule has 1 unspecified atom stereocenters. The van der Waals surface area contributed by atoms with E-state index < -0.39 is 0 Å². The molecular formula is C15H23BrN2. The van der Waals surface area contributed by atoms with Gasteiger partial charge in [-0.1, -0.05) is 28.1 Å². The highest BCUT2D eigenvalue weighted by molar-refractivity contribution is 9.10. The lowest BCUT2D eigenvalue weighted by atomic mass is 9.89. The van der Waals surface area contributed by atoms with Crippen LogP contribution in [0.3, 0.4) is 0 Å². The molecule has 2 N–H and O–H groups in total. The van der Waals surface area contributed by atoms with Crippen molar-refractivity contribution in [2.45, 2.75) is 44.7 Å². The zero-order valence-electron chi connectivity index (χ0n) is 11.3. The Morgan fingerprint density at radius 2 is 2.06 bits per heavy atom. The first-order valence-electron chi connectivity index (χ1n) is 6.78. The Hall–Kier alpha value is -0.380. The molecule has 1 aromatic carbocycles. The second-order valence-electron chi connectivity index (χ2n) is 5.83. The summed E-state index contributed by atoms with van der Waals surface area (Å²) in [6, 6.07) is 9.28. The fourth-order valence-corrected chi connectivity index (χ4v) is 2.89. The van der Waals surface area contributed by atoms with Gasteiger partial charge in [0, 0.05) is 16.1 Å². The van der Waals surface area contributed by atoms with Crippen molar-refractivity contribution in [2.24, 2.45) is 0 Å². The first-order valence-corrected chi connectivity index (χ1v) is 7.57. The summed E-state index contributed by atoms with van der Waals surface area (Å²) in [5.74, 6) is 0. The SMILES string of the molecule is CC1(C)CC(NCCc2ccc(Br)cc2)CCN1. The number of rotatable bonds is 4. The Labute approximate surface area is 119 Å². The number of nitrogens with one attached hydrogen (secondary N) is 2. The van der Waals surface area contributed by atoms with E-state index in [1.807, 2.05) is 0 Å². The van der Waals surface area contributed by atoms with Crippen molar-refractivity contribution in [1.29, 1.82) is 0 Å². The van der Waals surface area contributed by atoms with Crippen LogP contribution in [0.15, 0.2) is 28.7 Å². The molecule has 0 amide bonds. The maximum absolute atomic E-state index is 3.69. The smallest absolute Gasteiger partial charge is 0.0175 e. The molecule has 100 valence electrons. The summed E-state index contributed by atoms with van der Waals surface area (Å²) < 4.78 is 1.15.